The van der Waals surface area contributed by atoms with E-state index in [1.54, 1.807) is 0 Å². The minimum atomic E-state index is -0.126. The first-order chi connectivity index (χ1) is 9.19. The first-order valence-electron chi connectivity index (χ1n) is 8.25. The molecule has 2 heterocycles. The highest BCUT2D eigenvalue weighted by Gasteiger charge is 2.41. The largest absolute Gasteiger partial charge is 0.392 e. The molecule has 3 atom stereocenters. The third-order valence-corrected chi connectivity index (χ3v) is 5.70. The van der Waals surface area contributed by atoms with Crippen LogP contribution in [0.15, 0.2) is 0 Å². The Morgan fingerprint density at radius 3 is 2.68 bits per heavy atom. The maximum atomic E-state index is 10.1. The van der Waals surface area contributed by atoms with Gasteiger partial charge >= 0.3 is 0 Å². The van der Waals surface area contributed by atoms with Crippen molar-refractivity contribution >= 4 is 0 Å². The summed E-state index contributed by atoms with van der Waals surface area (Å²) in [6, 6.07) is 0.647. The maximum absolute atomic E-state index is 10.1. The fourth-order valence-corrected chi connectivity index (χ4v) is 4.26. The second-order valence-corrected chi connectivity index (χ2v) is 7.07. The van der Waals surface area contributed by atoms with E-state index in [9.17, 15) is 5.11 Å². The molecule has 3 heteroatoms. The van der Waals surface area contributed by atoms with Crippen LogP contribution in [-0.2, 0) is 4.74 Å². The van der Waals surface area contributed by atoms with E-state index in [-0.39, 0.29) is 11.7 Å². The van der Waals surface area contributed by atoms with Crippen molar-refractivity contribution in [3.63, 3.8) is 0 Å². The summed E-state index contributed by atoms with van der Waals surface area (Å²) in [4.78, 5) is 2.55. The first kappa shape index (κ1) is 13.8. The van der Waals surface area contributed by atoms with Crippen molar-refractivity contribution in [3.05, 3.63) is 0 Å². The summed E-state index contributed by atoms with van der Waals surface area (Å²) in [5, 5.41) is 10.1. The number of aliphatic hydroxyl groups is 1. The number of aliphatic hydroxyl groups excluding tert-OH is 1. The zero-order valence-corrected chi connectivity index (χ0v) is 12.3. The Kier molecular flexibility index (Phi) is 4.16. The summed E-state index contributed by atoms with van der Waals surface area (Å²) in [7, 11) is 0. The lowest BCUT2D eigenvalue weighted by molar-refractivity contribution is -0.131. The molecule has 3 rings (SSSR count). The van der Waals surface area contributed by atoms with Crippen LogP contribution in [0.3, 0.4) is 0 Å². The molecule has 0 radical (unpaired) electrons. The van der Waals surface area contributed by atoms with Gasteiger partial charge in [-0.15, -0.1) is 0 Å². The van der Waals surface area contributed by atoms with Crippen molar-refractivity contribution in [2.45, 2.75) is 76.0 Å². The topological polar surface area (TPSA) is 32.7 Å². The molecule has 19 heavy (non-hydrogen) atoms. The molecule has 1 N–H and O–H groups in total. The lowest BCUT2D eigenvalue weighted by Crippen LogP contribution is -2.54. The van der Waals surface area contributed by atoms with E-state index in [4.69, 9.17) is 4.74 Å². The van der Waals surface area contributed by atoms with Crippen LogP contribution in [0.1, 0.15) is 58.3 Å². The minimum absolute atomic E-state index is 0.126. The SMILES string of the molecule is CC1CCN(C2CCOC3(CCCCC3)C2)CC1O. The van der Waals surface area contributed by atoms with Crippen molar-refractivity contribution in [2.24, 2.45) is 5.92 Å². The fraction of sp³-hybridized carbons (Fsp3) is 1.00. The molecule has 2 aliphatic heterocycles. The molecule has 2 saturated heterocycles. The molecule has 1 spiro atoms. The summed E-state index contributed by atoms with van der Waals surface area (Å²) in [6.45, 7) is 5.14. The van der Waals surface area contributed by atoms with Crippen LogP contribution in [0.25, 0.3) is 0 Å². The molecule has 3 unspecified atom stereocenters. The second-order valence-electron chi connectivity index (χ2n) is 7.07. The lowest BCUT2D eigenvalue weighted by atomic mass is 9.77. The number of nitrogens with zero attached hydrogens (tertiary/aromatic N) is 1. The van der Waals surface area contributed by atoms with E-state index < -0.39 is 0 Å². The quantitative estimate of drug-likeness (QED) is 0.792. The number of hydrogen-bond acceptors (Lipinski definition) is 3. The van der Waals surface area contributed by atoms with Crippen LogP contribution in [-0.4, -0.2) is 47.4 Å². The van der Waals surface area contributed by atoms with Crippen molar-refractivity contribution < 1.29 is 9.84 Å². The number of rotatable bonds is 1. The van der Waals surface area contributed by atoms with Gasteiger partial charge in [0.15, 0.2) is 0 Å². The van der Waals surface area contributed by atoms with Crippen molar-refractivity contribution in [1.29, 1.82) is 0 Å². The second kappa shape index (κ2) is 5.71. The van der Waals surface area contributed by atoms with Gasteiger partial charge in [-0.3, -0.25) is 4.90 Å². The molecular weight excluding hydrogens is 238 g/mol. The van der Waals surface area contributed by atoms with Gasteiger partial charge in [-0.2, -0.15) is 0 Å². The molecule has 1 saturated carbocycles. The highest BCUT2D eigenvalue weighted by molar-refractivity contribution is 4.94. The van der Waals surface area contributed by atoms with Gasteiger partial charge in [-0.05, 0) is 44.6 Å². The van der Waals surface area contributed by atoms with E-state index >= 15 is 0 Å². The zero-order valence-electron chi connectivity index (χ0n) is 12.3. The van der Waals surface area contributed by atoms with E-state index in [0.29, 0.717) is 12.0 Å². The Balaban J connectivity index is 1.61. The van der Waals surface area contributed by atoms with E-state index in [1.165, 1.54) is 45.1 Å². The number of hydrogen-bond donors (Lipinski definition) is 1. The Morgan fingerprint density at radius 2 is 1.95 bits per heavy atom. The van der Waals surface area contributed by atoms with Crippen LogP contribution in [0.2, 0.25) is 0 Å². The Labute approximate surface area is 117 Å². The van der Waals surface area contributed by atoms with Gasteiger partial charge < -0.3 is 9.84 Å². The van der Waals surface area contributed by atoms with E-state index in [2.05, 4.69) is 11.8 Å². The van der Waals surface area contributed by atoms with Crippen LogP contribution in [0, 0.1) is 5.92 Å². The van der Waals surface area contributed by atoms with Gasteiger partial charge in [0.05, 0.1) is 11.7 Å². The Morgan fingerprint density at radius 1 is 1.16 bits per heavy atom. The predicted octanol–water partition coefficient (Wildman–Crippen LogP) is 2.57. The summed E-state index contributed by atoms with van der Waals surface area (Å²) >= 11 is 0. The molecule has 0 aromatic heterocycles. The number of ether oxygens (including phenoxy) is 1. The summed E-state index contributed by atoms with van der Waals surface area (Å²) in [5.41, 5.74) is 0.190. The third-order valence-electron chi connectivity index (χ3n) is 5.70. The van der Waals surface area contributed by atoms with E-state index in [1.807, 2.05) is 0 Å². The van der Waals surface area contributed by atoms with E-state index in [0.717, 1.165) is 26.0 Å². The summed E-state index contributed by atoms with van der Waals surface area (Å²) < 4.78 is 6.19. The van der Waals surface area contributed by atoms with Crippen LogP contribution in [0.4, 0.5) is 0 Å². The van der Waals surface area contributed by atoms with Crippen LogP contribution < -0.4 is 0 Å². The molecule has 3 fully saturated rings. The molecule has 0 aromatic rings. The highest BCUT2D eigenvalue weighted by atomic mass is 16.5. The molecule has 0 aromatic carbocycles. The Hall–Kier alpha value is -0.120. The average Bonchev–Trinajstić information content (AvgIpc) is 2.43. The van der Waals surface area contributed by atoms with Gasteiger partial charge in [0, 0.05) is 19.2 Å². The molecular formula is C16H29NO2. The molecule has 3 nitrogen and oxygen atoms in total. The van der Waals surface area contributed by atoms with Crippen molar-refractivity contribution in [1.82, 2.24) is 4.90 Å². The predicted molar refractivity (Wildman–Crippen MR) is 76.2 cm³/mol. The minimum Gasteiger partial charge on any atom is -0.392 e. The number of β-amino-alcohol motifs (C(OH)–C–C–N with tert-alkyl or cyclic N) is 1. The molecule has 110 valence electrons. The Bertz CT molecular complexity index is 296. The van der Waals surface area contributed by atoms with Crippen molar-refractivity contribution in [2.75, 3.05) is 19.7 Å². The molecule has 3 aliphatic rings. The third kappa shape index (κ3) is 2.98. The summed E-state index contributed by atoms with van der Waals surface area (Å²) in [6.07, 6.45) is 9.96. The van der Waals surface area contributed by atoms with Gasteiger partial charge in [0.1, 0.15) is 0 Å². The van der Waals surface area contributed by atoms with Gasteiger partial charge in [0.25, 0.3) is 0 Å². The smallest absolute Gasteiger partial charge is 0.0697 e. The van der Waals surface area contributed by atoms with Crippen LogP contribution >= 0.6 is 0 Å². The average molecular weight is 267 g/mol. The van der Waals surface area contributed by atoms with Gasteiger partial charge in [0.2, 0.25) is 0 Å². The fourth-order valence-electron chi connectivity index (χ4n) is 4.26. The number of piperidine rings is 1. The standard InChI is InChI=1S/C16H29NO2/c1-13-5-9-17(12-15(13)18)14-6-10-19-16(11-14)7-3-2-4-8-16/h13-15,18H,2-12H2,1H3. The lowest BCUT2D eigenvalue weighted by Gasteiger charge is -2.48. The van der Waals surface area contributed by atoms with Gasteiger partial charge in [-0.25, -0.2) is 0 Å². The molecule has 0 bridgehead atoms. The maximum Gasteiger partial charge on any atom is 0.0697 e. The van der Waals surface area contributed by atoms with Crippen LogP contribution in [0.5, 0.6) is 0 Å². The monoisotopic (exact) mass is 267 g/mol. The summed E-state index contributed by atoms with van der Waals surface area (Å²) in [5.74, 6) is 0.472. The van der Waals surface area contributed by atoms with Crippen molar-refractivity contribution in [3.8, 4) is 0 Å². The highest BCUT2D eigenvalue weighted by Crippen LogP contribution is 2.40. The zero-order chi connectivity index (χ0) is 13.3. The van der Waals surface area contributed by atoms with Gasteiger partial charge in [-0.1, -0.05) is 26.2 Å². The normalized spacial score (nSPS) is 40.4. The molecule has 1 aliphatic carbocycles. The number of likely N-dealkylation sites (tertiary alicyclic amines) is 1. The molecule has 0 amide bonds. The first-order valence-corrected chi connectivity index (χ1v) is 8.25.